The van der Waals surface area contributed by atoms with Crippen molar-refractivity contribution in [3.05, 3.63) is 34.9 Å². The van der Waals surface area contributed by atoms with Gasteiger partial charge in [0, 0.05) is 11.9 Å². The highest BCUT2D eigenvalue weighted by Crippen LogP contribution is 2.10. The van der Waals surface area contributed by atoms with Crippen LogP contribution in [-0.2, 0) is 4.89 Å². The van der Waals surface area contributed by atoms with E-state index in [1.165, 1.54) is 19.1 Å². The minimum absolute atomic E-state index is 0.222. The smallest absolute Gasteiger partial charge is 0.296 e. The summed E-state index contributed by atoms with van der Waals surface area (Å²) in [7, 11) is 0. The van der Waals surface area contributed by atoms with Crippen LogP contribution < -0.4 is 0 Å². The first-order valence-electron chi connectivity index (χ1n) is 3.57. The SMILES string of the molecule is CC#N.O=C(OO)c1cccc(Cl)c1. The van der Waals surface area contributed by atoms with E-state index in [2.05, 4.69) is 4.89 Å². The van der Waals surface area contributed by atoms with Crippen LogP contribution in [0, 0.1) is 11.3 Å². The van der Waals surface area contributed by atoms with Gasteiger partial charge in [0.05, 0.1) is 11.6 Å². The second-order valence-corrected chi connectivity index (χ2v) is 2.55. The molecule has 0 fully saturated rings. The number of nitriles is 1. The van der Waals surface area contributed by atoms with Gasteiger partial charge in [-0.05, 0) is 18.2 Å². The summed E-state index contributed by atoms with van der Waals surface area (Å²) in [6, 6.07) is 7.86. The number of rotatable bonds is 1. The Morgan fingerprint density at radius 3 is 2.64 bits per heavy atom. The van der Waals surface area contributed by atoms with E-state index in [4.69, 9.17) is 22.1 Å². The zero-order valence-corrected chi connectivity index (χ0v) is 8.15. The second kappa shape index (κ2) is 6.89. The lowest BCUT2D eigenvalue weighted by molar-refractivity contribution is -0.182. The molecule has 0 saturated carbocycles. The molecule has 0 amide bonds. The first-order chi connectivity index (χ1) is 6.65. The molecule has 14 heavy (non-hydrogen) atoms. The van der Waals surface area contributed by atoms with Crippen molar-refractivity contribution in [2.45, 2.75) is 6.92 Å². The molecule has 0 aliphatic rings. The van der Waals surface area contributed by atoms with Gasteiger partial charge in [-0.3, -0.25) is 4.89 Å². The third kappa shape index (κ3) is 4.45. The van der Waals surface area contributed by atoms with Crippen molar-refractivity contribution >= 4 is 17.6 Å². The zero-order chi connectivity index (χ0) is 11.0. The molecule has 0 aliphatic carbocycles. The van der Waals surface area contributed by atoms with Crippen molar-refractivity contribution in [3.63, 3.8) is 0 Å². The average molecular weight is 214 g/mol. The van der Waals surface area contributed by atoms with Crippen LogP contribution in [0.2, 0.25) is 5.02 Å². The summed E-state index contributed by atoms with van der Waals surface area (Å²) in [5.41, 5.74) is 0.222. The fourth-order valence-electron chi connectivity index (χ4n) is 0.668. The van der Waals surface area contributed by atoms with Crippen LogP contribution in [0.25, 0.3) is 0 Å². The predicted molar refractivity (Wildman–Crippen MR) is 50.8 cm³/mol. The molecule has 0 bridgehead atoms. The highest BCUT2D eigenvalue weighted by atomic mass is 35.5. The molecule has 5 heteroatoms. The van der Waals surface area contributed by atoms with E-state index in [9.17, 15) is 4.79 Å². The van der Waals surface area contributed by atoms with E-state index in [-0.39, 0.29) is 5.56 Å². The normalized spacial score (nSPS) is 7.86. The number of hydrogen-bond donors (Lipinski definition) is 1. The monoisotopic (exact) mass is 213 g/mol. The molecule has 1 aromatic carbocycles. The van der Waals surface area contributed by atoms with Gasteiger partial charge in [-0.2, -0.15) is 10.5 Å². The van der Waals surface area contributed by atoms with Gasteiger partial charge < -0.3 is 0 Å². The Morgan fingerprint density at radius 1 is 1.64 bits per heavy atom. The number of benzene rings is 1. The number of carbonyl (C=O) groups is 1. The van der Waals surface area contributed by atoms with E-state index >= 15 is 0 Å². The maximum Gasteiger partial charge on any atom is 0.372 e. The van der Waals surface area contributed by atoms with E-state index < -0.39 is 5.97 Å². The van der Waals surface area contributed by atoms with Crippen molar-refractivity contribution in [2.24, 2.45) is 0 Å². The summed E-state index contributed by atoms with van der Waals surface area (Å²) in [5, 5.41) is 15.7. The summed E-state index contributed by atoms with van der Waals surface area (Å²) in [4.78, 5) is 14.1. The summed E-state index contributed by atoms with van der Waals surface area (Å²) in [5.74, 6) is -0.813. The third-order valence-corrected chi connectivity index (χ3v) is 1.38. The number of nitrogens with zero attached hydrogens (tertiary/aromatic N) is 1. The molecule has 0 unspecified atom stereocenters. The van der Waals surface area contributed by atoms with E-state index in [0.717, 1.165) is 0 Å². The fourth-order valence-corrected chi connectivity index (χ4v) is 0.858. The fraction of sp³-hybridized carbons (Fsp3) is 0.111. The van der Waals surface area contributed by atoms with Gasteiger partial charge >= 0.3 is 5.97 Å². The van der Waals surface area contributed by atoms with E-state index in [0.29, 0.717) is 5.02 Å². The van der Waals surface area contributed by atoms with Crippen molar-refractivity contribution in [3.8, 4) is 6.07 Å². The summed E-state index contributed by atoms with van der Waals surface area (Å²) >= 11 is 5.56. The molecule has 1 N–H and O–H groups in total. The van der Waals surface area contributed by atoms with Crippen LogP contribution in [0.4, 0.5) is 0 Å². The highest BCUT2D eigenvalue weighted by molar-refractivity contribution is 6.30. The lowest BCUT2D eigenvalue weighted by Gasteiger charge is -1.95. The van der Waals surface area contributed by atoms with Crippen LogP contribution >= 0.6 is 11.6 Å². The largest absolute Gasteiger partial charge is 0.372 e. The Hall–Kier alpha value is -1.57. The van der Waals surface area contributed by atoms with Crippen LogP contribution in [0.3, 0.4) is 0 Å². The quantitative estimate of drug-likeness (QED) is 0.575. The Kier molecular flexibility index (Phi) is 6.12. The molecule has 0 spiro atoms. The third-order valence-electron chi connectivity index (χ3n) is 1.14. The van der Waals surface area contributed by atoms with Crippen LogP contribution in [-0.4, -0.2) is 11.2 Å². The molecule has 74 valence electrons. The standard InChI is InChI=1S/C7H5ClO3.C2H3N/c8-6-3-1-2-5(4-6)7(9)11-10;1-2-3/h1-4,10H;1H3. The molecular weight excluding hydrogens is 206 g/mol. The predicted octanol–water partition coefficient (Wildman–Crippen LogP) is 2.50. The number of halogens is 1. The lowest BCUT2D eigenvalue weighted by atomic mass is 10.2. The molecule has 0 saturated heterocycles. The molecule has 0 heterocycles. The minimum atomic E-state index is -0.813. The van der Waals surface area contributed by atoms with Crippen molar-refractivity contribution in [2.75, 3.05) is 0 Å². The Morgan fingerprint density at radius 2 is 2.21 bits per heavy atom. The summed E-state index contributed by atoms with van der Waals surface area (Å²) in [6.07, 6.45) is 0. The van der Waals surface area contributed by atoms with Gasteiger partial charge in [0.15, 0.2) is 0 Å². The summed E-state index contributed by atoms with van der Waals surface area (Å²) in [6.45, 7) is 1.43. The van der Waals surface area contributed by atoms with Crippen LogP contribution in [0.15, 0.2) is 24.3 Å². The molecule has 1 aromatic rings. The molecule has 0 radical (unpaired) electrons. The lowest BCUT2D eigenvalue weighted by Crippen LogP contribution is -2.00. The Bertz CT molecular complexity index is 346. The first kappa shape index (κ1) is 12.4. The van der Waals surface area contributed by atoms with Crippen molar-refractivity contribution in [1.29, 1.82) is 5.26 Å². The van der Waals surface area contributed by atoms with Crippen molar-refractivity contribution in [1.82, 2.24) is 0 Å². The van der Waals surface area contributed by atoms with Crippen LogP contribution in [0.5, 0.6) is 0 Å². The molecule has 0 aromatic heterocycles. The Labute approximate surface area is 86.2 Å². The number of carbonyl (C=O) groups excluding carboxylic acids is 1. The molecular formula is C9H8ClNO3. The van der Waals surface area contributed by atoms with Gasteiger partial charge in [-0.25, -0.2) is 4.79 Å². The second-order valence-electron chi connectivity index (χ2n) is 2.11. The summed E-state index contributed by atoms with van der Waals surface area (Å²) < 4.78 is 0. The van der Waals surface area contributed by atoms with Gasteiger partial charge in [0.1, 0.15) is 0 Å². The van der Waals surface area contributed by atoms with Crippen LogP contribution in [0.1, 0.15) is 17.3 Å². The zero-order valence-electron chi connectivity index (χ0n) is 7.40. The highest BCUT2D eigenvalue weighted by Gasteiger charge is 2.05. The molecule has 1 rings (SSSR count). The molecule has 4 nitrogen and oxygen atoms in total. The van der Waals surface area contributed by atoms with E-state index in [1.54, 1.807) is 18.2 Å². The van der Waals surface area contributed by atoms with Gasteiger partial charge in [-0.15, -0.1) is 0 Å². The molecule has 0 aliphatic heterocycles. The average Bonchev–Trinajstić information content (AvgIpc) is 2.18. The van der Waals surface area contributed by atoms with Gasteiger partial charge in [0.2, 0.25) is 0 Å². The van der Waals surface area contributed by atoms with Gasteiger partial charge in [-0.1, -0.05) is 17.7 Å². The topological polar surface area (TPSA) is 70.3 Å². The first-order valence-corrected chi connectivity index (χ1v) is 3.95. The van der Waals surface area contributed by atoms with E-state index in [1.807, 2.05) is 0 Å². The minimum Gasteiger partial charge on any atom is -0.296 e. The maximum absolute atomic E-state index is 10.6. The number of hydrogen-bond acceptors (Lipinski definition) is 4. The van der Waals surface area contributed by atoms with Crippen molar-refractivity contribution < 1.29 is 14.9 Å². The Balaban J connectivity index is 0.000000500. The maximum atomic E-state index is 10.6. The molecule has 0 atom stereocenters. The van der Waals surface area contributed by atoms with Gasteiger partial charge in [0.25, 0.3) is 0 Å².